The van der Waals surface area contributed by atoms with Gasteiger partial charge in [-0.15, -0.1) is 22.7 Å². The van der Waals surface area contributed by atoms with Crippen molar-refractivity contribution in [3.05, 3.63) is 27.4 Å². The first-order chi connectivity index (χ1) is 10.7. The summed E-state index contributed by atoms with van der Waals surface area (Å²) in [6.45, 7) is 5.41. The number of hydrogen-bond donors (Lipinski definition) is 1. The average Bonchev–Trinajstić information content (AvgIpc) is 3.17. The van der Waals surface area contributed by atoms with Crippen LogP contribution in [0.15, 0.2) is 17.5 Å². The Morgan fingerprint density at radius 1 is 1.36 bits per heavy atom. The highest BCUT2D eigenvalue weighted by Crippen LogP contribution is 2.30. The van der Waals surface area contributed by atoms with Gasteiger partial charge >= 0.3 is 0 Å². The third kappa shape index (κ3) is 2.71. The van der Waals surface area contributed by atoms with Crippen LogP contribution in [0.2, 0.25) is 0 Å². The quantitative estimate of drug-likeness (QED) is 0.939. The number of fused-ring (bicyclic) bond motifs is 3. The summed E-state index contributed by atoms with van der Waals surface area (Å²) in [6.07, 6.45) is 2.44. The van der Waals surface area contributed by atoms with E-state index in [1.807, 2.05) is 19.1 Å². The number of thiazole rings is 1. The summed E-state index contributed by atoms with van der Waals surface area (Å²) >= 11 is 3.18. The maximum atomic E-state index is 12.5. The first-order valence-electron chi connectivity index (χ1n) is 7.74. The van der Waals surface area contributed by atoms with Gasteiger partial charge in [0.05, 0.1) is 20.5 Å². The van der Waals surface area contributed by atoms with Crippen LogP contribution < -0.4 is 5.32 Å². The van der Waals surface area contributed by atoms with Crippen molar-refractivity contribution < 1.29 is 4.79 Å². The number of piperidine rings is 3. The molecule has 1 amide bonds. The summed E-state index contributed by atoms with van der Waals surface area (Å²) in [7, 11) is 0. The van der Waals surface area contributed by atoms with Crippen molar-refractivity contribution in [3.8, 4) is 10.6 Å². The molecule has 22 heavy (non-hydrogen) atoms. The number of amides is 1. The molecule has 116 valence electrons. The second-order valence-corrected chi connectivity index (χ2v) is 8.28. The summed E-state index contributed by atoms with van der Waals surface area (Å²) in [5.74, 6) is 0.733. The van der Waals surface area contributed by atoms with Gasteiger partial charge in [0.1, 0.15) is 0 Å². The lowest BCUT2D eigenvalue weighted by Crippen LogP contribution is -2.57. The SMILES string of the molecule is Cc1nc(-c2ccc(C(=O)N[C@H]3CN4CCC3CC4)s2)cs1. The Balaban J connectivity index is 1.46. The Morgan fingerprint density at radius 2 is 2.18 bits per heavy atom. The molecule has 5 rings (SSSR count). The average molecular weight is 333 g/mol. The van der Waals surface area contributed by atoms with Crippen molar-refractivity contribution in [1.82, 2.24) is 15.2 Å². The molecule has 0 aliphatic carbocycles. The van der Waals surface area contributed by atoms with Gasteiger partial charge in [-0.25, -0.2) is 4.98 Å². The molecule has 2 aromatic rings. The zero-order valence-corrected chi connectivity index (χ0v) is 14.2. The fraction of sp³-hybridized carbons (Fsp3) is 0.500. The number of thiophene rings is 1. The van der Waals surface area contributed by atoms with Gasteiger partial charge in [-0.05, 0) is 50.9 Å². The number of nitrogens with zero attached hydrogens (tertiary/aromatic N) is 2. The maximum Gasteiger partial charge on any atom is 0.261 e. The van der Waals surface area contributed by atoms with Gasteiger partial charge < -0.3 is 10.2 Å². The predicted molar refractivity (Wildman–Crippen MR) is 90.6 cm³/mol. The molecule has 0 saturated carbocycles. The smallest absolute Gasteiger partial charge is 0.261 e. The van der Waals surface area contributed by atoms with Crippen LogP contribution in [0.5, 0.6) is 0 Å². The third-order valence-electron chi connectivity index (χ3n) is 4.67. The molecule has 1 atom stereocenters. The van der Waals surface area contributed by atoms with E-state index < -0.39 is 0 Å². The summed E-state index contributed by atoms with van der Waals surface area (Å²) in [5, 5.41) is 6.36. The summed E-state index contributed by atoms with van der Waals surface area (Å²) in [5.41, 5.74) is 0.981. The molecule has 3 aliphatic heterocycles. The topological polar surface area (TPSA) is 45.2 Å². The molecule has 4 nitrogen and oxygen atoms in total. The summed E-state index contributed by atoms with van der Waals surface area (Å²) < 4.78 is 0. The van der Waals surface area contributed by atoms with Crippen molar-refractivity contribution in [2.45, 2.75) is 25.8 Å². The summed E-state index contributed by atoms with van der Waals surface area (Å²) in [4.78, 5) is 21.3. The molecule has 5 heterocycles. The van der Waals surface area contributed by atoms with Crippen LogP contribution in [0.25, 0.3) is 10.6 Å². The zero-order valence-electron chi connectivity index (χ0n) is 12.5. The minimum Gasteiger partial charge on any atom is -0.347 e. The number of carbonyl (C=O) groups excluding carboxylic acids is 1. The number of aryl methyl sites for hydroxylation is 1. The third-order valence-corrected chi connectivity index (χ3v) is 6.55. The van der Waals surface area contributed by atoms with Crippen LogP contribution in [-0.4, -0.2) is 41.5 Å². The number of carbonyl (C=O) groups is 1. The molecule has 6 heteroatoms. The van der Waals surface area contributed by atoms with Gasteiger partial charge in [0.2, 0.25) is 0 Å². The van der Waals surface area contributed by atoms with Crippen molar-refractivity contribution in [3.63, 3.8) is 0 Å². The van der Waals surface area contributed by atoms with Gasteiger partial charge in [-0.1, -0.05) is 0 Å². The molecule has 3 aliphatic rings. The van der Waals surface area contributed by atoms with E-state index in [0.29, 0.717) is 12.0 Å². The van der Waals surface area contributed by atoms with E-state index in [-0.39, 0.29) is 5.91 Å². The van der Waals surface area contributed by atoms with Crippen LogP contribution >= 0.6 is 22.7 Å². The minimum atomic E-state index is 0.0713. The Morgan fingerprint density at radius 3 is 2.82 bits per heavy atom. The molecular weight excluding hydrogens is 314 g/mol. The molecule has 3 fully saturated rings. The summed E-state index contributed by atoms with van der Waals surface area (Å²) in [6, 6.07) is 4.25. The molecule has 2 bridgehead atoms. The first kappa shape index (κ1) is 14.4. The Bertz CT molecular complexity index is 685. The van der Waals surface area contributed by atoms with Gasteiger partial charge in [-0.3, -0.25) is 4.79 Å². The molecule has 0 unspecified atom stereocenters. The van der Waals surface area contributed by atoms with Crippen LogP contribution in [-0.2, 0) is 0 Å². The van der Waals surface area contributed by atoms with Gasteiger partial charge in [0.15, 0.2) is 0 Å². The molecular formula is C16H19N3OS2. The second-order valence-electron chi connectivity index (χ2n) is 6.13. The fourth-order valence-corrected chi connectivity index (χ4v) is 5.00. The van der Waals surface area contributed by atoms with Crippen LogP contribution in [0, 0.1) is 12.8 Å². The van der Waals surface area contributed by atoms with E-state index in [1.54, 1.807) is 11.3 Å². The van der Waals surface area contributed by atoms with Gasteiger partial charge in [-0.2, -0.15) is 0 Å². The molecule has 2 aromatic heterocycles. The van der Waals surface area contributed by atoms with Crippen molar-refractivity contribution in [1.29, 1.82) is 0 Å². The maximum absolute atomic E-state index is 12.5. The Hall–Kier alpha value is -1.24. The van der Waals surface area contributed by atoms with Gasteiger partial charge in [0, 0.05) is 18.0 Å². The highest BCUT2D eigenvalue weighted by Gasteiger charge is 2.35. The van der Waals surface area contributed by atoms with Crippen LogP contribution in [0.3, 0.4) is 0 Å². The van der Waals surface area contributed by atoms with Crippen LogP contribution in [0.1, 0.15) is 27.5 Å². The number of nitrogens with one attached hydrogen (secondary N) is 1. The predicted octanol–water partition coefficient (Wildman–Crippen LogP) is 3.00. The standard InChI is InChI=1S/C16H19N3OS2/c1-10-17-13(9-21-10)14-2-3-15(22-14)16(20)18-12-8-19-6-4-11(12)5-7-19/h2-3,9,11-12H,4-8H2,1H3,(H,18,20)/t12-/m0/s1. The van der Waals surface area contributed by atoms with E-state index in [9.17, 15) is 4.79 Å². The van der Waals surface area contributed by atoms with E-state index in [4.69, 9.17) is 0 Å². The molecule has 0 radical (unpaired) electrons. The lowest BCUT2D eigenvalue weighted by molar-refractivity contribution is 0.0622. The number of rotatable bonds is 3. The minimum absolute atomic E-state index is 0.0713. The largest absolute Gasteiger partial charge is 0.347 e. The van der Waals surface area contributed by atoms with Crippen molar-refractivity contribution >= 4 is 28.6 Å². The van der Waals surface area contributed by atoms with E-state index in [1.165, 1.54) is 37.3 Å². The van der Waals surface area contributed by atoms with Crippen LogP contribution in [0.4, 0.5) is 0 Å². The number of hydrogen-bond acceptors (Lipinski definition) is 5. The second kappa shape index (κ2) is 5.76. The Labute approximate surface area is 138 Å². The lowest BCUT2D eigenvalue weighted by Gasteiger charge is -2.44. The zero-order chi connectivity index (χ0) is 15.1. The molecule has 0 spiro atoms. The molecule has 1 N–H and O–H groups in total. The highest BCUT2D eigenvalue weighted by molar-refractivity contribution is 7.17. The molecule has 3 saturated heterocycles. The van der Waals surface area contributed by atoms with Crippen molar-refractivity contribution in [2.24, 2.45) is 5.92 Å². The highest BCUT2D eigenvalue weighted by atomic mass is 32.1. The van der Waals surface area contributed by atoms with E-state index in [2.05, 4.69) is 20.6 Å². The van der Waals surface area contributed by atoms with E-state index in [0.717, 1.165) is 27.0 Å². The van der Waals surface area contributed by atoms with Crippen molar-refractivity contribution in [2.75, 3.05) is 19.6 Å². The number of aromatic nitrogens is 1. The fourth-order valence-electron chi connectivity index (χ4n) is 3.44. The lowest BCUT2D eigenvalue weighted by atomic mass is 9.84. The monoisotopic (exact) mass is 333 g/mol. The first-order valence-corrected chi connectivity index (χ1v) is 9.44. The Kier molecular flexibility index (Phi) is 3.76. The van der Waals surface area contributed by atoms with Gasteiger partial charge in [0.25, 0.3) is 5.91 Å². The molecule has 0 aromatic carbocycles. The normalized spacial score (nSPS) is 27.0. The van der Waals surface area contributed by atoms with E-state index >= 15 is 0 Å².